The molecule has 0 aliphatic carbocycles. The Labute approximate surface area is 158 Å². The maximum absolute atomic E-state index is 12.1. The third-order valence-corrected chi connectivity index (χ3v) is 3.63. The summed E-state index contributed by atoms with van der Waals surface area (Å²) in [4.78, 5) is 24.5. The molecule has 0 atom stereocenters. The molecule has 0 N–H and O–H groups in total. The third-order valence-electron chi connectivity index (χ3n) is 3.63. The summed E-state index contributed by atoms with van der Waals surface area (Å²) in [7, 11) is 7.40. The van der Waals surface area contributed by atoms with Gasteiger partial charge in [-0.2, -0.15) is 5.10 Å². The smallest absolute Gasteiger partial charge is 0.365 e. The first-order valence-electron chi connectivity index (χ1n) is 8.44. The Morgan fingerprint density at radius 1 is 1.15 bits per heavy atom. The molecule has 2 heterocycles. The molecule has 3 rings (SSSR count). The van der Waals surface area contributed by atoms with Gasteiger partial charge in [0.15, 0.2) is 11.5 Å². The highest BCUT2D eigenvalue weighted by Crippen LogP contribution is 2.25. The molecule has 1 aromatic carbocycles. The quantitative estimate of drug-likeness (QED) is 0.338. The van der Waals surface area contributed by atoms with Gasteiger partial charge in [0, 0.05) is 34.4 Å². The zero-order valence-electron chi connectivity index (χ0n) is 15.8. The number of rotatable bonds is 6. The molecule has 2 aromatic rings. The minimum absolute atomic E-state index is 0.207. The first kappa shape index (κ1) is 18.4. The molecular weight excluding hydrogens is 344 g/mol. The summed E-state index contributed by atoms with van der Waals surface area (Å²) in [6.45, 7) is 0.544. The van der Waals surface area contributed by atoms with E-state index in [2.05, 4.69) is 15.1 Å². The fraction of sp³-hybridized carbons (Fsp3) is 0.263. The average Bonchev–Trinajstić information content (AvgIpc) is 3.17. The number of hydrogen-bond acceptors (Lipinski definition) is 6. The van der Waals surface area contributed by atoms with E-state index in [1.165, 1.54) is 0 Å². The van der Waals surface area contributed by atoms with E-state index in [1.54, 1.807) is 28.3 Å². The lowest BCUT2D eigenvalue weighted by Crippen LogP contribution is -2.10. The molecule has 0 amide bonds. The van der Waals surface area contributed by atoms with Gasteiger partial charge in [0.2, 0.25) is 5.90 Å². The van der Waals surface area contributed by atoms with Crippen molar-refractivity contribution in [2.75, 3.05) is 28.2 Å². The highest BCUT2D eigenvalue weighted by molar-refractivity contribution is 6.12. The Morgan fingerprint density at radius 2 is 1.89 bits per heavy atom. The van der Waals surface area contributed by atoms with Gasteiger partial charge in [-0.3, -0.25) is 0 Å². The summed E-state index contributed by atoms with van der Waals surface area (Å²) in [6, 6.07) is 9.96. The van der Waals surface area contributed by atoms with Gasteiger partial charge in [0.25, 0.3) is 0 Å². The molecule has 8 heteroatoms. The lowest BCUT2D eigenvalue weighted by molar-refractivity contribution is -0.130. The van der Waals surface area contributed by atoms with Gasteiger partial charge in [-0.15, -0.1) is 0 Å². The number of cyclic esters (lactones) is 1. The van der Waals surface area contributed by atoms with Crippen LogP contribution in [0.2, 0.25) is 0 Å². The van der Waals surface area contributed by atoms with Crippen LogP contribution in [0.5, 0.6) is 0 Å². The fourth-order valence-electron chi connectivity index (χ4n) is 2.47. The van der Waals surface area contributed by atoms with Crippen molar-refractivity contribution in [3.8, 4) is 0 Å². The van der Waals surface area contributed by atoms with Crippen LogP contribution in [-0.4, -0.2) is 66.0 Å². The van der Waals surface area contributed by atoms with Crippen LogP contribution < -0.4 is 0 Å². The number of aliphatic imine (C=N–C) groups is 2. The van der Waals surface area contributed by atoms with Crippen LogP contribution in [0.3, 0.4) is 0 Å². The van der Waals surface area contributed by atoms with Gasteiger partial charge in [0.1, 0.15) is 5.56 Å². The second-order valence-corrected chi connectivity index (χ2v) is 6.52. The topological polar surface area (TPSA) is 75.3 Å². The van der Waals surface area contributed by atoms with E-state index in [1.807, 2.05) is 63.4 Å². The summed E-state index contributed by atoms with van der Waals surface area (Å²) < 4.78 is 7.11. The van der Waals surface area contributed by atoms with E-state index >= 15 is 0 Å². The fourth-order valence-corrected chi connectivity index (χ4v) is 2.47. The van der Waals surface area contributed by atoms with Crippen molar-refractivity contribution in [3.05, 3.63) is 59.6 Å². The normalized spacial score (nSPS) is 15.3. The van der Waals surface area contributed by atoms with Gasteiger partial charge < -0.3 is 14.5 Å². The summed E-state index contributed by atoms with van der Waals surface area (Å²) in [6.07, 6.45) is 4.92. The van der Waals surface area contributed by atoms with Gasteiger partial charge in [-0.25, -0.2) is 19.5 Å². The molecule has 0 saturated carbocycles. The Balaban J connectivity index is 1.99. The zero-order valence-corrected chi connectivity index (χ0v) is 15.8. The molecule has 0 spiro atoms. The lowest BCUT2D eigenvalue weighted by atomic mass is 10.2. The molecule has 0 bridgehead atoms. The van der Waals surface area contributed by atoms with Crippen molar-refractivity contribution in [2.45, 2.75) is 6.54 Å². The summed E-state index contributed by atoms with van der Waals surface area (Å²) in [5.74, 6) is 0.292. The van der Waals surface area contributed by atoms with E-state index in [-0.39, 0.29) is 11.6 Å². The Morgan fingerprint density at radius 3 is 2.56 bits per heavy atom. The van der Waals surface area contributed by atoms with E-state index in [0.29, 0.717) is 17.9 Å². The van der Waals surface area contributed by atoms with Gasteiger partial charge in [-0.1, -0.05) is 30.3 Å². The minimum Gasteiger partial charge on any atom is -0.402 e. The number of esters is 1. The molecule has 1 aliphatic heterocycles. The highest BCUT2D eigenvalue weighted by atomic mass is 16.6. The summed E-state index contributed by atoms with van der Waals surface area (Å²) in [5, 5.41) is 4.43. The molecule has 8 nitrogen and oxygen atoms in total. The van der Waals surface area contributed by atoms with Crippen molar-refractivity contribution in [1.29, 1.82) is 0 Å². The number of carbonyl (C=O) groups excluding carboxylic acids is 1. The number of hydrogen-bond donors (Lipinski definition) is 0. The molecule has 0 fully saturated rings. The molecule has 0 radical (unpaired) electrons. The van der Waals surface area contributed by atoms with Crippen LogP contribution in [0.1, 0.15) is 11.1 Å². The lowest BCUT2D eigenvalue weighted by Gasteiger charge is -2.07. The van der Waals surface area contributed by atoms with Crippen molar-refractivity contribution >= 4 is 24.0 Å². The standard InChI is InChI=1S/C19H22N6O2/c1-23(2)12-16-19(26)27-18(22-16)15-10-21-25(17(15)20-13-24(3)4)11-14-8-6-5-7-9-14/h5-10,12-13H,11H2,1-4H3. The number of aromatic nitrogens is 2. The second-order valence-electron chi connectivity index (χ2n) is 6.52. The molecule has 1 aromatic heterocycles. The maximum atomic E-state index is 12.1. The van der Waals surface area contributed by atoms with Crippen LogP contribution in [0, 0.1) is 0 Å². The number of carbonyl (C=O) groups is 1. The van der Waals surface area contributed by atoms with Crippen molar-refractivity contribution in [2.24, 2.45) is 9.98 Å². The number of nitrogens with zero attached hydrogens (tertiary/aromatic N) is 6. The Hall–Kier alpha value is -3.42. The predicted octanol–water partition coefficient (Wildman–Crippen LogP) is 1.86. The van der Waals surface area contributed by atoms with Crippen molar-refractivity contribution in [3.63, 3.8) is 0 Å². The van der Waals surface area contributed by atoms with Crippen LogP contribution in [0.25, 0.3) is 0 Å². The van der Waals surface area contributed by atoms with Gasteiger partial charge >= 0.3 is 5.97 Å². The van der Waals surface area contributed by atoms with E-state index < -0.39 is 5.97 Å². The molecule has 0 saturated heterocycles. The van der Waals surface area contributed by atoms with E-state index in [4.69, 9.17) is 4.74 Å². The number of ether oxygens (including phenoxy) is 1. The SMILES string of the molecule is CN(C)C=Nc1c(C2=NC(=CN(C)C)C(=O)O2)cnn1Cc1ccccc1. The van der Waals surface area contributed by atoms with Crippen molar-refractivity contribution in [1.82, 2.24) is 19.6 Å². The Kier molecular flexibility index (Phi) is 5.35. The maximum Gasteiger partial charge on any atom is 0.365 e. The molecule has 0 unspecified atom stereocenters. The zero-order chi connectivity index (χ0) is 19.4. The van der Waals surface area contributed by atoms with Crippen LogP contribution in [0.15, 0.2) is 58.4 Å². The molecule has 140 valence electrons. The first-order chi connectivity index (χ1) is 12.9. The second kappa shape index (κ2) is 7.86. The predicted molar refractivity (Wildman–Crippen MR) is 104 cm³/mol. The summed E-state index contributed by atoms with van der Waals surface area (Å²) >= 11 is 0. The highest BCUT2D eigenvalue weighted by Gasteiger charge is 2.28. The minimum atomic E-state index is -0.489. The summed E-state index contributed by atoms with van der Waals surface area (Å²) in [5.41, 5.74) is 1.90. The van der Waals surface area contributed by atoms with Crippen LogP contribution >= 0.6 is 0 Å². The van der Waals surface area contributed by atoms with Gasteiger partial charge in [0.05, 0.1) is 19.1 Å². The molecular formula is C19H22N6O2. The molecule has 1 aliphatic rings. The van der Waals surface area contributed by atoms with Crippen LogP contribution in [-0.2, 0) is 16.1 Å². The number of benzene rings is 1. The van der Waals surface area contributed by atoms with E-state index in [9.17, 15) is 4.79 Å². The van der Waals surface area contributed by atoms with Crippen LogP contribution in [0.4, 0.5) is 5.82 Å². The average molecular weight is 366 g/mol. The van der Waals surface area contributed by atoms with Crippen molar-refractivity contribution < 1.29 is 9.53 Å². The largest absolute Gasteiger partial charge is 0.402 e. The first-order valence-corrected chi connectivity index (χ1v) is 8.44. The third kappa shape index (κ3) is 4.41. The Bertz CT molecular complexity index is 910. The molecule has 27 heavy (non-hydrogen) atoms. The van der Waals surface area contributed by atoms with E-state index in [0.717, 1.165) is 5.56 Å². The monoisotopic (exact) mass is 366 g/mol. The van der Waals surface area contributed by atoms with Gasteiger partial charge in [-0.05, 0) is 5.56 Å².